The third-order valence-corrected chi connectivity index (χ3v) is 2.03. The zero-order valence-corrected chi connectivity index (χ0v) is 9.72. The number of urea groups is 1. The summed E-state index contributed by atoms with van der Waals surface area (Å²) in [6.07, 6.45) is 0. The first-order chi connectivity index (χ1) is 5.93. The van der Waals surface area contributed by atoms with E-state index in [0.717, 1.165) is 13.1 Å². The van der Waals surface area contributed by atoms with Crippen LogP contribution in [0.2, 0.25) is 0 Å². The second-order valence-corrected chi connectivity index (χ2v) is 4.03. The first-order valence-electron chi connectivity index (χ1n) is 4.95. The maximum Gasteiger partial charge on any atom is 0.320 e. The molecule has 78 valence electrons. The van der Waals surface area contributed by atoms with Crippen LogP contribution in [0.15, 0.2) is 0 Å². The molecule has 1 aliphatic rings. The Morgan fingerprint density at radius 2 is 1.62 bits per heavy atom. The molecule has 1 saturated heterocycles. The van der Waals surface area contributed by atoms with Gasteiger partial charge in [-0.15, -0.1) is 0 Å². The number of likely N-dealkylation sites (N-methyl/N-ethyl adjacent to an activating group) is 1. The smallest absolute Gasteiger partial charge is 0.320 e. The van der Waals surface area contributed by atoms with Crippen molar-refractivity contribution in [3.05, 3.63) is 0 Å². The predicted molar refractivity (Wildman–Crippen MR) is 55.8 cm³/mol. The minimum absolute atomic E-state index is 0.0259. The first kappa shape index (κ1) is 12.3. The molecule has 0 aromatic rings. The second kappa shape index (κ2) is 4.49. The van der Waals surface area contributed by atoms with Gasteiger partial charge in [0.15, 0.2) is 0 Å². The van der Waals surface area contributed by atoms with Crippen LogP contribution >= 0.6 is 0 Å². The van der Waals surface area contributed by atoms with Crippen LogP contribution in [0.4, 0.5) is 4.79 Å². The largest absolute Gasteiger partial charge is 0.326 e. The second-order valence-electron chi connectivity index (χ2n) is 4.03. The highest BCUT2D eigenvalue weighted by Crippen LogP contribution is 2.18. The Kier molecular flexibility index (Phi) is 4.24. The molecule has 0 aromatic heterocycles. The van der Waals surface area contributed by atoms with Crippen molar-refractivity contribution in [1.29, 1.82) is 0 Å². The minimum atomic E-state index is -0.0259. The predicted octanol–water partition coefficient (Wildman–Crippen LogP) is 2.18. The van der Waals surface area contributed by atoms with Gasteiger partial charge in [-0.1, -0.05) is 13.8 Å². The highest BCUT2D eigenvalue weighted by atomic mass is 16.2. The van der Waals surface area contributed by atoms with E-state index in [1.54, 1.807) is 4.90 Å². The van der Waals surface area contributed by atoms with E-state index in [2.05, 4.69) is 20.8 Å². The van der Waals surface area contributed by atoms with Gasteiger partial charge < -0.3 is 9.80 Å². The Morgan fingerprint density at radius 3 is 1.77 bits per heavy atom. The topological polar surface area (TPSA) is 23.6 Å². The van der Waals surface area contributed by atoms with E-state index in [9.17, 15) is 4.79 Å². The lowest BCUT2D eigenvalue weighted by Crippen LogP contribution is -2.43. The molecule has 0 N–H and O–H groups in total. The van der Waals surface area contributed by atoms with Crippen molar-refractivity contribution in [1.82, 2.24) is 9.80 Å². The maximum absolute atomic E-state index is 11.4. The number of nitrogens with zero attached hydrogens (tertiary/aromatic N) is 2. The fourth-order valence-electron chi connectivity index (χ4n) is 1.27. The van der Waals surface area contributed by atoms with Gasteiger partial charge in [-0.25, -0.2) is 4.79 Å². The van der Waals surface area contributed by atoms with Crippen molar-refractivity contribution in [2.75, 3.05) is 20.1 Å². The van der Waals surface area contributed by atoms with Gasteiger partial charge in [0.2, 0.25) is 0 Å². The molecule has 0 atom stereocenters. The minimum Gasteiger partial charge on any atom is -0.326 e. The number of amides is 2. The molecule has 0 saturated carbocycles. The maximum atomic E-state index is 11.4. The SMILES string of the molecule is CC.CN1CCN(C(C)(C)C)C1=O. The van der Waals surface area contributed by atoms with Gasteiger partial charge in [0, 0.05) is 25.7 Å². The van der Waals surface area contributed by atoms with Crippen molar-refractivity contribution in [3.63, 3.8) is 0 Å². The Morgan fingerprint density at radius 1 is 1.15 bits per heavy atom. The molecular formula is C10H22N2O. The highest BCUT2D eigenvalue weighted by Gasteiger charge is 2.33. The molecule has 13 heavy (non-hydrogen) atoms. The standard InChI is InChI=1S/C8H16N2O.C2H6/c1-8(2,3)10-6-5-9(4)7(10)11;1-2/h5-6H2,1-4H3;1-2H3. The number of carbonyl (C=O) groups is 1. The molecule has 1 rings (SSSR count). The summed E-state index contributed by atoms with van der Waals surface area (Å²) in [5.74, 6) is 0. The normalized spacial score (nSPS) is 17.2. The van der Waals surface area contributed by atoms with Gasteiger partial charge >= 0.3 is 6.03 Å². The Hall–Kier alpha value is -0.730. The summed E-state index contributed by atoms with van der Waals surface area (Å²) in [4.78, 5) is 15.1. The van der Waals surface area contributed by atoms with Crippen LogP contribution in [0.5, 0.6) is 0 Å². The number of rotatable bonds is 0. The average Bonchev–Trinajstić information content (AvgIpc) is 2.36. The molecule has 0 aromatic carbocycles. The van der Waals surface area contributed by atoms with E-state index in [1.807, 2.05) is 25.8 Å². The molecule has 1 fully saturated rings. The van der Waals surface area contributed by atoms with Crippen LogP contribution in [-0.4, -0.2) is 41.5 Å². The summed E-state index contributed by atoms with van der Waals surface area (Å²) >= 11 is 0. The zero-order valence-electron chi connectivity index (χ0n) is 9.72. The fraction of sp³-hybridized carbons (Fsp3) is 0.900. The van der Waals surface area contributed by atoms with Crippen LogP contribution in [0, 0.1) is 0 Å². The highest BCUT2D eigenvalue weighted by molar-refractivity contribution is 5.76. The van der Waals surface area contributed by atoms with Crippen LogP contribution in [0.1, 0.15) is 34.6 Å². The third-order valence-electron chi connectivity index (χ3n) is 2.03. The first-order valence-corrected chi connectivity index (χ1v) is 4.95. The van der Waals surface area contributed by atoms with Gasteiger partial charge in [0.25, 0.3) is 0 Å². The monoisotopic (exact) mass is 186 g/mol. The summed E-state index contributed by atoms with van der Waals surface area (Å²) in [5, 5.41) is 0. The Labute approximate surface area is 81.7 Å². The molecule has 3 heteroatoms. The van der Waals surface area contributed by atoms with Crippen molar-refractivity contribution in [2.24, 2.45) is 0 Å². The summed E-state index contributed by atoms with van der Waals surface area (Å²) in [5.41, 5.74) is -0.0259. The van der Waals surface area contributed by atoms with E-state index in [1.165, 1.54) is 0 Å². The van der Waals surface area contributed by atoms with Crippen molar-refractivity contribution < 1.29 is 4.79 Å². The number of carbonyl (C=O) groups excluding carboxylic acids is 1. The lowest BCUT2D eigenvalue weighted by Gasteiger charge is -2.30. The molecule has 1 heterocycles. The molecule has 0 unspecified atom stereocenters. The van der Waals surface area contributed by atoms with Crippen LogP contribution in [0.25, 0.3) is 0 Å². The molecule has 0 spiro atoms. The van der Waals surface area contributed by atoms with E-state index in [-0.39, 0.29) is 11.6 Å². The summed E-state index contributed by atoms with van der Waals surface area (Å²) < 4.78 is 0. The van der Waals surface area contributed by atoms with Crippen LogP contribution < -0.4 is 0 Å². The third kappa shape index (κ3) is 2.90. The van der Waals surface area contributed by atoms with Crippen molar-refractivity contribution in [2.45, 2.75) is 40.2 Å². The molecular weight excluding hydrogens is 164 g/mol. The molecule has 2 amide bonds. The van der Waals surface area contributed by atoms with E-state index < -0.39 is 0 Å². The van der Waals surface area contributed by atoms with Gasteiger partial charge in [-0.05, 0) is 20.8 Å². The van der Waals surface area contributed by atoms with Gasteiger partial charge in [0.1, 0.15) is 0 Å². The number of hydrogen-bond acceptors (Lipinski definition) is 1. The van der Waals surface area contributed by atoms with Gasteiger partial charge in [0.05, 0.1) is 0 Å². The summed E-state index contributed by atoms with van der Waals surface area (Å²) in [7, 11) is 1.84. The van der Waals surface area contributed by atoms with Crippen LogP contribution in [0.3, 0.4) is 0 Å². The van der Waals surface area contributed by atoms with Crippen LogP contribution in [-0.2, 0) is 0 Å². The summed E-state index contributed by atoms with van der Waals surface area (Å²) in [6.45, 7) is 11.9. The van der Waals surface area contributed by atoms with Crippen molar-refractivity contribution >= 4 is 6.03 Å². The van der Waals surface area contributed by atoms with Gasteiger partial charge in [-0.3, -0.25) is 0 Å². The molecule has 0 bridgehead atoms. The van der Waals surface area contributed by atoms with E-state index in [4.69, 9.17) is 0 Å². The Balaban J connectivity index is 0.000000671. The Bertz CT molecular complexity index is 172. The van der Waals surface area contributed by atoms with E-state index >= 15 is 0 Å². The fourth-order valence-corrected chi connectivity index (χ4v) is 1.27. The van der Waals surface area contributed by atoms with Crippen molar-refractivity contribution in [3.8, 4) is 0 Å². The van der Waals surface area contributed by atoms with E-state index in [0.29, 0.717) is 0 Å². The number of hydrogen-bond donors (Lipinski definition) is 0. The molecule has 3 nitrogen and oxygen atoms in total. The lowest BCUT2D eigenvalue weighted by atomic mass is 10.1. The molecule has 0 aliphatic carbocycles. The summed E-state index contributed by atoms with van der Waals surface area (Å²) in [6, 6.07) is 0.150. The van der Waals surface area contributed by atoms with Gasteiger partial charge in [-0.2, -0.15) is 0 Å². The average molecular weight is 186 g/mol. The quantitative estimate of drug-likeness (QED) is 0.569. The zero-order chi connectivity index (χ0) is 10.6. The lowest BCUT2D eigenvalue weighted by molar-refractivity contribution is 0.159. The molecule has 1 aliphatic heterocycles. The molecule has 0 radical (unpaired) electrons.